The maximum Gasteiger partial charge on any atom is 0.264 e. The van der Waals surface area contributed by atoms with E-state index in [4.69, 9.17) is 4.55 Å². The van der Waals surface area contributed by atoms with Crippen LogP contribution in [0, 0.1) is 0 Å². The molecule has 0 atom stereocenters. The Morgan fingerprint density at radius 2 is 1.80 bits per heavy atom. The fraction of sp³-hybridized carbons (Fsp3) is 0.333. The summed E-state index contributed by atoms with van der Waals surface area (Å²) < 4.78 is 32.4. The number of hydrazone groups is 1. The second-order valence-corrected chi connectivity index (χ2v) is 7.39. The Bertz CT molecular complexity index is 820. The molecular formula is C18H24N3O3S+. The molecule has 0 aliphatic rings. The van der Waals surface area contributed by atoms with E-state index in [1.165, 1.54) is 0 Å². The molecule has 0 fully saturated rings. The van der Waals surface area contributed by atoms with Crippen molar-refractivity contribution in [2.45, 2.75) is 26.3 Å². The summed E-state index contributed by atoms with van der Waals surface area (Å²) in [5.41, 5.74) is 2.83. The van der Waals surface area contributed by atoms with Gasteiger partial charge in [0.1, 0.15) is 12.3 Å². The molecule has 0 radical (unpaired) electrons. The van der Waals surface area contributed by atoms with Gasteiger partial charge in [-0.15, -0.1) is 0 Å². The van der Waals surface area contributed by atoms with Crippen LogP contribution in [-0.4, -0.2) is 31.5 Å². The maximum atomic E-state index is 10.8. The molecule has 1 aromatic heterocycles. The van der Waals surface area contributed by atoms with E-state index in [1.807, 2.05) is 78.3 Å². The summed E-state index contributed by atoms with van der Waals surface area (Å²) in [6.07, 6.45) is 3.02. The molecule has 1 heterocycles. The SMILES string of the molecule is CC(=NN(C)c1ccccc1)c1cccc[n+]1CCCCS(=O)(=O)O. The summed E-state index contributed by atoms with van der Waals surface area (Å²) in [7, 11) is -1.99. The molecule has 0 saturated heterocycles. The van der Waals surface area contributed by atoms with E-state index in [-0.39, 0.29) is 5.75 Å². The summed E-state index contributed by atoms with van der Waals surface area (Å²) in [4.78, 5) is 0. The van der Waals surface area contributed by atoms with Crippen molar-refractivity contribution in [2.24, 2.45) is 5.10 Å². The number of hydrogen-bond donors (Lipinski definition) is 1. The fourth-order valence-corrected chi connectivity index (χ4v) is 3.11. The number of benzene rings is 1. The first-order valence-corrected chi connectivity index (χ1v) is 9.76. The Morgan fingerprint density at radius 3 is 2.48 bits per heavy atom. The van der Waals surface area contributed by atoms with E-state index in [2.05, 4.69) is 5.10 Å². The predicted molar refractivity (Wildman–Crippen MR) is 99.3 cm³/mol. The molecule has 7 heteroatoms. The molecule has 0 aliphatic carbocycles. The number of para-hydroxylation sites is 1. The highest BCUT2D eigenvalue weighted by Gasteiger charge is 2.14. The Balaban J connectivity index is 2.09. The van der Waals surface area contributed by atoms with Gasteiger partial charge in [0.2, 0.25) is 5.69 Å². The van der Waals surface area contributed by atoms with Crippen LogP contribution >= 0.6 is 0 Å². The zero-order chi connectivity index (χ0) is 18.3. The molecule has 6 nitrogen and oxygen atoms in total. The van der Waals surface area contributed by atoms with Crippen LogP contribution in [0.3, 0.4) is 0 Å². The van der Waals surface area contributed by atoms with Crippen LogP contribution in [0.15, 0.2) is 59.8 Å². The second-order valence-electron chi connectivity index (χ2n) is 5.82. The van der Waals surface area contributed by atoms with Crippen LogP contribution in [0.1, 0.15) is 25.5 Å². The summed E-state index contributed by atoms with van der Waals surface area (Å²) in [5.74, 6) is -0.209. The number of anilines is 1. The van der Waals surface area contributed by atoms with Crippen molar-refractivity contribution in [3.05, 3.63) is 60.4 Å². The minimum Gasteiger partial charge on any atom is -0.286 e. The lowest BCUT2D eigenvalue weighted by Gasteiger charge is -2.14. The van der Waals surface area contributed by atoms with Gasteiger partial charge in [0.25, 0.3) is 10.1 Å². The normalized spacial score (nSPS) is 12.2. The minimum absolute atomic E-state index is 0.209. The smallest absolute Gasteiger partial charge is 0.264 e. The number of aromatic nitrogens is 1. The van der Waals surface area contributed by atoms with Crippen molar-refractivity contribution in [1.82, 2.24) is 0 Å². The molecule has 0 spiro atoms. The van der Waals surface area contributed by atoms with Gasteiger partial charge in [-0.25, -0.2) is 0 Å². The van der Waals surface area contributed by atoms with Crippen LogP contribution in [-0.2, 0) is 16.7 Å². The first-order valence-electron chi connectivity index (χ1n) is 8.15. The van der Waals surface area contributed by atoms with E-state index < -0.39 is 10.1 Å². The highest BCUT2D eigenvalue weighted by Crippen LogP contribution is 2.12. The van der Waals surface area contributed by atoms with Gasteiger partial charge in [0, 0.05) is 25.6 Å². The second kappa shape index (κ2) is 8.73. The van der Waals surface area contributed by atoms with E-state index in [0.29, 0.717) is 19.4 Å². The van der Waals surface area contributed by atoms with Crippen molar-refractivity contribution >= 4 is 21.5 Å². The van der Waals surface area contributed by atoms with Gasteiger partial charge in [-0.2, -0.15) is 18.1 Å². The summed E-state index contributed by atoms with van der Waals surface area (Å²) in [6, 6.07) is 15.7. The van der Waals surface area contributed by atoms with Crippen molar-refractivity contribution in [2.75, 3.05) is 17.8 Å². The van der Waals surface area contributed by atoms with Crippen LogP contribution < -0.4 is 9.58 Å². The van der Waals surface area contributed by atoms with Crippen LogP contribution in [0.5, 0.6) is 0 Å². The highest BCUT2D eigenvalue weighted by atomic mass is 32.2. The highest BCUT2D eigenvalue weighted by molar-refractivity contribution is 7.85. The average molecular weight is 362 g/mol. The molecule has 0 amide bonds. The molecule has 134 valence electrons. The third-order valence-corrected chi connectivity index (χ3v) is 4.60. The van der Waals surface area contributed by atoms with Crippen LogP contribution in [0.25, 0.3) is 0 Å². The van der Waals surface area contributed by atoms with Crippen molar-refractivity contribution in [1.29, 1.82) is 0 Å². The lowest BCUT2D eigenvalue weighted by molar-refractivity contribution is -0.698. The summed E-state index contributed by atoms with van der Waals surface area (Å²) in [6.45, 7) is 2.61. The average Bonchev–Trinajstić information content (AvgIpc) is 2.59. The van der Waals surface area contributed by atoms with Gasteiger partial charge < -0.3 is 0 Å². The lowest BCUT2D eigenvalue weighted by Crippen LogP contribution is -2.40. The number of unbranched alkanes of at least 4 members (excludes halogenated alkanes) is 1. The van der Waals surface area contributed by atoms with Gasteiger partial charge in [-0.05, 0) is 31.5 Å². The maximum absolute atomic E-state index is 10.8. The Labute approximate surface area is 149 Å². The number of pyridine rings is 1. The van der Waals surface area contributed by atoms with E-state index in [9.17, 15) is 8.42 Å². The first kappa shape index (κ1) is 19.1. The molecule has 2 rings (SSSR count). The van der Waals surface area contributed by atoms with Gasteiger partial charge in [0.05, 0.1) is 11.4 Å². The Hall–Kier alpha value is -2.25. The van der Waals surface area contributed by atoms with Crippen molar-refractivity contribution < 1.29 is 17.5 Å². The quantitative estimate of drug-likeness (QED) is 0.257. The summed E-state index contributed by atoms with van der Waals surface area (Å²) in [5, 5.41) is 6.46. The van der Waals surface area contributed by atoms with Crippen LogP contribution in [0.2, 0.25) is 0 Å². The minimum atomic E-state index is -3.89. The molecule has 1 N–H and O–H groups in total. The van der Waals surface area contributed by atoms with Gasteiger partial charge >= 0.3 is 0 Å². The molecule has 0 saturated carbocycles. The molecule has 25 heavy (non-hydrogen) atoms. The summed E-state index contributed by atoms with van der Waals surface area (Å²) >= 11 is 0. The van der Waals surface area contributed by atoms with Gasteiger partial charge in [0.15, 0.2) is 6.20 Å². The van der Waals surface area contributed by atoms with E-state index in [1.54, 1.807) is 0 Å². The van der Waals surface area contributed by atoms with E-state index in [0.717, 1.165) is 17.1 Å². The molecular weight excluding hydrogens is 338 g/mol. The standard InChI is InChI=1S/C18H23N3O3S/c1-16(19-20(2)17-10-4-3-5-11-17)18-12-6-7-13-21(18)14-8-9-15-25(22,23)24/h3-7,10-13H,8-9,14-15H2,1-2H3/p+1. The fourth-order valence-electron chi connectivity index (χ4n) is 2.54. The largest absolute Gasteiger partial charge is 0.286 e. The molecule has 1 aromatic carbocycles. The van der Waals surface area contributed by atoms with Crippen molar-refractivity contribution in [3.8, 4) is 0 Å². The molecule has 0 aliphatic heterocycles. The number of aryl methyl sites for hydroxylation is 1. The molecule has 2 aromatic rings. The Morgan fingerprint density at radius 1 is 1.12 bits per heavy atom. The third kappa shape index (κ3) is 6.28. The first-order chi connectivity index (χ1) is 11.9. The van der Waals surface area contributed by atoms with Gasteiger partial charge in [-0.1, -0.05) is 18.2 Å². The van der Waals surface area contributed by atoms with Crippen molar-refractivity contribution in [3.63, 3.8) is 0 Å². The number of hydrogen-bond acceptors (Lipinski definition) is 4. The van der Waals surface area contributed by atoms with Gasteiger partial charge in [-0.3, -0.25) is 9.56 Å². The monoisotopic (exact) mass is 362 g/mol. The lowest BCUT2D eigenvalue weighted by atomic mass is 10.2. The zero-order valence-corrected chi connectivity index (χ0v) is 15.4. The third-order valence-electron chi connectivity index (χ3n) is 3.79. The number of nitrogens with zero attached hydrogens (tertiary/aromatic N) is 3. The van der Waals surface area contributed by atoms with E-state index >= 15 is 0 Å². The topological polar surface area (TPSA) is 73.8 Å². The van der Waals surface area contributed by atoms with Crippen LogP contribution in [0.4, 0.5) is 5.69 Å². The Kier molecular flexibility index (Phi) is 6.66. The zero-order valence-electron chi connectivity index (χ0n) is 14.5. The molecule has 0 bridgehead atoms. The number of rotatable bonds is 8. The predicted octanol–water partition coefficient (Wildman–Crippen LogP) is 2.50. The molecule has 0 unspecified atom stereocenters.